The molecule has 0 bridgehead atoms. The molecule has 0 aliphatic carbocycles. The van der Waals surface area contributed by atoms with E-state index >= 15 is 0 Å². The molecule has 0 saturated carbocycles. The topological polar surface area (TPSA) is 76.1 Å². The zero-order valence-electron chi connectivity index (χ0n) is 17.4. The number of carbonyl (C=O) groups excluding carboxylic acids is 2. The molecule has 1 aromatic heterocycles. The van der Waals surface area contributed by atoms with Crippen molar-refractivity contribution in [1.82, 2.24) is 0 Å². The highest BCUT2D eigenvalue weighted by Crippen LogP contribution is 2.46. The van der Waals surface area contributed by atoms with Crippen LogP contribution in [0, 0.1) is 0 Å². The summed E-state index contributed by atoms with van der Waals surface area (Å²) in [6, 6.07) is 14.6. The molecule has 1 aliphatic rings. The molecule has 164 valence electrons. The van der Waals surface area contributed by atoms with Gasteiger partial charge in [0.25, 0.3) is 11.7 Å². The molecular weight excluding hydrogens is 450 g/mol. The zero-order valence-corrected chi connectivity index (χ0v) is 18.9. The number of hydrogen-bond donors (Lipinski definition) is 1. The van der Waals surface area contributed by atoms with Gasteiger partial charge in [-0.2, -0.15) is 0 Å². The van der Waals surface area contributed by atoms with Crippen molar-refractivity contribution in [2.24, 2.45) is 0 Å². The summed E-state index contributed by atoms with van der Waals surface area (Å²) < 4.78 is 10.9. The maximum Gasteiger partial charge on any atom is 0.300 e. The molecule has 1 saturated heterocycles. The Balaban J connectivity index is 1.95. The Labute approximate surface area is 194 Å². The largest absolute Gasteiger partial charge is 0.507 e. The maximum absolute atomic E-state index is 13.2. The quantitative estimate of drug-likeness (QED) is 0.296. The number of nitrogens with zero attached hydrogens (tertiary/aromatic N) is 1. The monoisotopic (exact) mass is 469 g/mol. The van der Waals surface area contributed by atoms with Crippen LogP contribution in [0.3, 0.4) is 0 Å². The van der Waals surface area contributed by atoms with Crippen molar-refractivity contribution >= 4 is 46.1 Å². The van der Waals surface area contributed by atoms with E-state index in [-0.39, 0.29) is 21.9 Å². The first-order valence-electron chi connectivity index (χ1n) is 9.88. The Kier molecular flexibility index (Phi) is 6.21. The number of aliphatic hydroxyl groups excluding tert-OH is 1. The van der Waals surface area contributed by atoms with E-state index in [9.17, 15) is 14.7 Å². The third-order valence-corrected chi connectivity index (χ3v) is 6.36. The summed E-state index contributed by atoms with van der Waals surface area (Å²) in [5.41, 5.74) is 0.611. The molecule has 8 heteroatoms. The van der Waals surface area contributed by atoms with Crippen molar-refractivity contribution in [3.8, 4) is 11.5 Å². The van der Waals surface area contributed by atoms with Gasteiger partial charge in [0, 0.05) is 10.4 Å². The van der Waals surface area contributed by atoms with Crippen LogP contribution in [0.25, 0.3) is 5.76 Å². The molecule has 1 amide bonds. The maximum atomic E-state index is 13.2. The van der Waals surface area contributed by atoms with Gasteiger partial charge in [0.15, 0.2) is 0 Å². The SMILES string of the molecule is CCOc1ccc(Cl)c(/C(O)=C2/C(=O)C(=O)N(c3ccccc3OC)C2c2cccs2)c1. The van der Waals surface area contributed by atoms with Crippen LogP contribution >= 0.6 is 22.9 Å². The summed E-state index contributed by atoms with van der Waals surface area (Å²) in [5, 5.41) is 13.3. The molecule has 3 aromatic rings. The summed E-state index contributed by atoms with van der Waals surface area (Å²) in [5.74, 6) is -0.987. The van der Waals surface area contributed by atoms with E-state index in [4.69, 9.17) is 21.1 Å². The predicted molar refractivity (Wildman–Crippen MR) is 125 cm³/mol. The first-order valence-corrected chi connectivity index (χ1v) is 11.1. The van der Waals surface area contributed by atoms with Crippen molar-refractivity contribution in [2.45, 2.75) is 13.0 Å². The van der Waals surface area contributed by atoms with Crippen LogP contribution in [-0.2, 0) is 9.59 Å². The van der Waals surface area contributed by atoms with Crippen molar-refractivity contribution in [2.75, 3.05) is 18.6 Å². The fraction of sp³-hybridized carbons (Fsp3) is 0.167. The van der Waals surface area contributed by atoms with Gasteiger partial charge < -0.3 is 14.6 Å². The number of ketones is 1. The Morgan fingerprint density at radius 3 is 2.62 bits per heavy atom. The lowest BCUT2D eigenvalue weighted by Gasteiger charge is -2.25. The molecule has 6 nitrogen and oxygen atoms in total. The Morgan fingerprint density at radius 2 is 1.94 bits per heavy atom. The average molecular weight is 470 g/mol. The van der Waals surface area contributed by atoms with E-state index in [1.807, 2.05) is 24.4 Å². The molecule has 0 radical (unpaired) electrons. The van der Waals surface area contributed by atoms with Crippen LogP contribution in [0.5, 0.6) is 11.5 Å². The number of halogens is 1. The average Bonchev–Trinajstić information content (AvgIpc) is 3.42. The minimum atomic E-state index is -0.835. The standard InChI is InChI=1S/C24H20ClNO5S/c1-3-31-14-10-11-16(25)15(13-14)22(27)20-21(19-9-6-12-32-19)26(24(29)23(20)28)17-7-4-5-8-18(17)30-2/h4-13,21,27H,3H2,1-2H3/b22-20-. The number of anilines is 1. The molecule has 0 spiro atoms. The van der Waals surface area contributed by atoms with Gasteiger partial charge in [0.2, 0.25) is 0 Å². The number of Topliss-reactive ketones (excluding diaryl/α,β-unsaturated/α-hetero) is 1. The fourth-order valence-corrected chi connectivity index (χ4v) is 4.74. The summed E-state index contributed by atoms with van der Waals surface area (Å²) in [4.78, 5) is 28.5. The lowest BCUT2D eigenvalue weighted by Crippen LogP contribution is -2.29. The van der Waals surface area contributed by atoms with Crippen molar-refractivity contribution < 1.29 is 24.2 Å². The Morgan fingerprint density at radius 1 is 1.16 bits per heavy atom. The first kappa shape index (κ1) is 21.9. The first-order chi connectivity index (χ1) is 15.5. The molecule has 1 atom stereocenters. The number of methoxy groups -OCH3 is 1. The summed E-state index contributed by atoms with van der Waals surface area (Å²) in [7, 11) is 1.49. The second kappa shape index (κ2) is 9.06. The van der Waals surface area contributed by atoms with E-state index in [0.29, 0.717) is 28.7 Å². The molecule has 2 aromatic carbocycles. The van der Waals surface area contributed by atoms with Gasteiger partial charge in [0.1, 0.15) is 23.3 Å². The van der Waals surface area contributed by atoms with Crippen LogP contribution in [0.4, 0.5) is 5.69 Å². The molecular formula is C24H20ClNO5S. The smallest absolute Gasteiger partial charge is 0.300 e. The third kappa shape index (κ3) is 3.74. The molecule has 2 heterocycles. The highest BCUT2D eigenvalue weighted by atomic mass is 35.5. The molecule has 1 unspecified atom stereocenters. The van der Waals surface area contributed by atoms with Gasteiger partial charge in [-0.3, -0.25) is 14.5 Å². The highest BCUT2D eigenvalue weighted by molar-refractivity contribution is 7.10. The summed E-state index contributed by atoms with van der Waals surface area (Å²) in [6.07, 6.45) is 0. The number of aliphatic hydroxyl groups is 1. The molecule has 4 rings (SSSR count). The Hall–Kier alpha value is -3.29. The lowest BCUT2D eigenvalue weighted by atomic mass is 9.99. The minimum Gasteiger partial charge on any atom is -0.507 e. The highest BCUT2D eigenvalue weighted by Gasteiger charge is 2.48. The van der Waals surface area contributed by atoms with E-state index in [0.717, 1.165) is 0 Å². The summed E-state index contributed by atoms with van der Waals surface area (Å²) in [6.45, 7) is 2.26. The van der Waals surface area contributed by atoms with Crippen molar-refractivity contribution in [3.63, 3.8) is 0 Å². The number of ether oxygens (including phenoxy) is 2. The third-order valence-electron chi connectivity index (χ3n) is 5.11. The molecule has 1 fully saturated rings. The lowest BCUT2D eigenvalue weighted by molar-refractivity contribution is -0.132. The zero-order chi connectivity index (χ0) is 22.8. The second-order valence-electron chi connectivity index (χ2n) is 6.93. The van der Waals surface area contributed by atoms with Crippen LogP contribution in [-0.4, -0.2) is 30.5 Å². The van der Waals surface area contributed by atoms with E-state index < -0.39 is 17.7 Å². The summed E-state index contributed by atoms with van der Waals surface area (Å²) >= 11 is 7.73. The van der Waals surface area contributed by atoms with E-state index in [2.05, 4.69) is 0 Å². The van der Waals surface area contributed by atoms with Gasteiger partial charge in [0.05, 0.1) is 30.0 Å². The number of rotatable bonds is 6. The molecule has 32 heavy (non-hydrogen) atoms. The number of amides is 1. The molecule has 1 N–H and O–H groups in total. The number of benzene rings is 2. The Bertz CT molecular complexity index is 1200. The van der Waals surface area contributed by atoms with Crippen LogP contribution < -0.4 is 14.4 Å². The van der Waals surface area contributed by atoms with Crippen molar-refractivity contribution in [1.29, 1.82) is 0 Å². The van der Waals surface area contributed by atoms with Crippen molar-refractivity contribution in [3.05, 3.63) is 81.0 Å². The van der Waals surface area contributed by atoms with Crippen LogP contribution in [0.2, 0.25) is 5.02 Å². The number of hydrogen-bond acceptors (Lipinski definition) is 6. The predicted octanol–water partition coefficient (Wildman–Crippen LogP) is 5.44. The normalized spacial score (nSPS) is 17.6. The van der Waals surface area contributed by atoms with Gasteiger partial charge in [-0.05, 0) is 48.7 Å². The number of carbonyl (C=O) groups is 2. The van der Waals surface area contributed by atoms with Gasteiger partial charge in [-0.15, -0.1) is 11.3 Å². The van der Waals surface area contributed by atoms with Crippen LogP contribution in [0.1, 0.15) is 23.4 Å². The second-order valence-corrected chi connectivity index (χ2v) is 8.32. The van der Waals surface area contributed by atoms with Gasteiger partial charge >= 0.3 is 0 Å². The van der Waals surface area contributed by atoms with E-state index in [1.54, 1.807) is 42.5 Å². The number of para-hydroxylation sites is 2. The van der Waals surface area contributed by atoms with Gasteiger partial charge in [-0.1, -0.05) is 29.8 Å². The number of thiophene rings is 1. The van der Waals surface area contributed by atoms with E-state index in [1.165, 1.54) is 23.3 Å². The molecule has 1 aliphatic heterocycles. The minimum absolute atomic E-state index is 0.0427. The van der Waals surface area contributed by atoms with Gasteiger partial charge in [-0.25, -0.2) is 0 Å². The van der Waals surface area contributed by atoms with Crippen LogP contribution in [0.15, 0.2) is 65.6 Å². The fourth-order valence-electron chi connectivity index (χ4n) is 3.71.